The molecule has 5 unspecified atom stereocenters. The highest BCUT2D eigenvalue weighted by atomic mass is 16.7. The number of ether oxygens (including phenoxy) is 2. The number of nitrogens with zero attached hydrogens (tertiary/aromatic N) is 4. The molecule has 0 aromatic carbocycles. The predicted octanol–water partition coefficient (Wildman–Crippen LogP) is -0.548. The van der Waals surface area contributed by atoms with E-state index in [0.717, 1.165) is 0 Å². The zero-order valence-corrected chi connectivity index (χ0v) is 17.8. The molecule has 1 amide bonds. The minimum atomic E-state index is -1.20. The topological polar surface area (TPSA) is 214 Å². The summed E-state index contributed by atoms with van der Waals surface area (Å²) >= 11 is 0. The number of aromatic nitrogens is 3. The standard InChI is InChI=1S/C19H25N5O9/c1-32-19-13(6-18(30)31)11(4-16(26)27)12(5-17(28)29)14(33-19)9-24-8-10(22-23-24)7-21-15(25)2-3-20/h8,11-14,19H,2,4-7,9H2,1H3,(H,21,25)(H,26,27)(H,28,29)(H,30,31). The first-order valence-electron chi connectivity index (χ1n) is 10.0. The van der Waals surface area contributed by atoms with Crippen LogP contribution in [0.25, 0.3) is 0 Å². The highest BCUT2D eigenvalue weighted by Crippen LogP contribution is 2.42. The number of nitrogens with one attached hydrogen (secondary N) is 1. The molecule has 0 bridgehead atoms. The summed E-state index contributed by atoms with van der Waals surface area (Å²) in [5.41, 5.74) is 0.376. The van der Waals surface area contributed by atoms with Crippen molar-refractivity contribution in [3.05, 3.63) is 11.9 Å². The molecule has 1 aromatic heterocycles. The number of aliphatic carboxylic acids is 3. The number of nitriles is 1. The average Bonchev–Trinajstić information content (AvgIpc) is 3.17. The minimum absolute atomic E-state index is 0.00708. The van der Waals surface area contributed by atoms with E-state index in [1.807, 2.05) is 0 Å². The third-order valence-electron chi connectivity index (χ3n) is 5.36. The molecule has 1 aliphatic rings. The lowest BCUT2D eigenvalue weighted by Gasteiger charge is -2.45. The summed E-state index contributed by atoms with van der Waals surface area (Å²) in [6.07, 6.45) is -2.08. The number of carboxylic acid groups (broad SMARTS) is 3. The van der Waals surface area contributed by atoms with Crippen molar-refractivity contribution in [2.75, 3.05) is 7.11 Å². The van der Waals surface area contributed by atoms with Crippen LogP contribution in [0.15, 0.2) is 6.20 Å². The van der Waals surface area contributed by atoms with E-state index in [0.29, 0.717) is 5.69 Å². The van der Waals surface area contributed by atoms with Gasteiger partial charge in [0.2, 0.25) is 5.91 Å². The number of carboxylic acids is 3. The third-order valence-corrected chi connectivity index (χ3v) is 5.36. The average molecular weight is 467 g/mol. The van der Waals surface area contributed by atoms with Gasteiger partial charge >= 0.3 is 17.9 Å². The number of hydrogen-bond donors (Lipinski definition) is 4. The van der Waals surface area contributed by atoms with Crippen molar-refractivity contribution in [3.8, 4) is 6.07 Å². The first-order valence-corrected chi connectivity index (χ1v) is 10.0. The maximum atomic E-state index is 11.5. The molecule has 1 fully saturated rings. The Morgan fingerprint density at radius 1 is 1.12 bits per heavy atom. The van der Waals surface area contributed by atoms with Gasteiger partial charge in [-0.1, -0.05) is 5.21 Å². The number of rotatable bonds is 12. The zero-order valence-electron chi connectivity index (χ0n) is 17.8. The summed E-state index contributed by atoms with van der Waals surface area (Å²) in [5.74, 6) is -6.60. The van der Waals surface area contributed by atoms with Crippen LogP contribution >= 0.6 is 0 Å². The molecule has 0 radical (unpaired) electrons. The molecule has 14 heteroatoms. The van der Waals surface area contributed by atoms with Crippen LogP contribution in [0, 0.1) is 29.1 Å². The summed E-state index contributed by atoms with van der Waals surface area (Å²) in [6.45, 7) is 0.0144. The molecule has 2 heterocycles. The van der Waals surface area contributed by atoms with Crippen molar-refractivity contribution in [2.24, 2.45) is 17.8 Å². The number of hydrogen-bond acceptors (Lipinski definition) is 9. The van der Waals surface area contributed by atoms with Crippen LogP contribution in [-0.2, 0) is 41.7 Å². The highest BCUT2D eigenvalue weighted by molar-refractivity contribution is 5.77. The Morgan fingerprint density at radius 3 is 2.30 bits per heavy atom. The van der Waals surface area contributed by atoms with E-state index in [2.05, 4.69) is 15.6 Å². The van der Waals surface area contributed by atoms with Crippen LogP contribution in [0.5, 0.6) is 0 Å². The second kappa shape index (κ2) is 11.9. The molecule has 180 valence electrons. The van der Waals surface area contributed by atoms with E-state index in [1.54, 1.807) is 6.07 Å². The lowest BCUT2D eigenvalue weighted by molar-refractivity contribution is -0.253. The van der Waals surface area contributed by atoms with Gasteiger partial charge in [0, 0.05) is 25.4 Å². The molecular formula is C19H25N5O9. The summed E-state index contributed by atoms with van der Waals surface area (Å²) in [7, 11) is 1.30. The number of methoxy groups -OCH3 is 1. The van der Waals surface area contributed by atoms with Gasteiger partial charge in [-0.15, -0.1) is 5.10 Å². The summed E-state index contributed by atoms with van der Waals surface area (Å²) in [6, 6.07) is 1.72. The smallest absolute Gasteiger partial charge is 0.303 e. The van der Waals surface area contributed by atoms with Crippen LogP contribution in [0.2, 0.25) is 0 Å². The van der Waals surface area contributed by atoms with Crippen LogP contribution < -0.4 is 5.32 Å². The number of carbonyl (C=O) groups is 4. The van der Waals surface area contributed by atoms with Gasteiger partial charge in [-0.2, -0.15) is 5.26 Å². The number of carbonyl (C=O) groups excluding carboxylic acids is 1. The van der Waals surface area contributed by atoms with Gasteiger partial charge in [0.1, 0.15) is 12.1 Å². The number of amides is 1. The Hall–Kier alpha value is -3.57. The molecule has 33 heavy (non-hydrogen) atoms. The van der Waals surface area contributed by atoms with E-state index in [9.17, 15) is 34.5 Å². The molecule has 4 N–H and O–H groups in total. The Kier molecular flexibility index (Phi) is 9.25. The van der Waals surface area contributed by atoms with Crippen LogP contribution in [-0.4, -0.2) is 73.6 Å². The van der Waals surface area contributed by atoms with Crippen LogP contribution in [0.1, 0.15) is 31.4 Å². The highest BCUT2D eigenvalue weighted by Gasteiger charge is 2.48. The SMILES string of the molecule is COC1OC(Cn2cc(CNC(=O)CC#N)nn2)C(CC(=O)O)C(CC(=O)O)C1CC(=O)O. The molecule has 0 aliphatic carbocycles. The Balaban J connectivity index is 2.25. The minimum Gasteiger partial charge on any atom is -0.481 e. The second-order valence-corrected chi connectivity index (χ2v) is 7.61. The van der Waals surface area contributed by atoms with Crippen LogP contribution in [0.3, 0.4) is 0 Å². The molecule has 0 spiro atoms. The van der Waals surface area contributed by atoms with Gasteiger partial charge in [0.05, 0.1) is 44.3 Å². The van der Waals surface area contributed by atoms with Crippen molar-refractivity contribution < 1.29 is 44.0 Å². The van der Waals surface area contributed by atoms with Gasteiger partial charge in [-0.25, -0.2) is 4.68 Å². The van der Waals surface area contributed by atoms with Gasteiger partial charge < -0.3 is 30.1 Å². The van der Waals surface area contributed by atoms with Crippen molar-refractivity contribution in [1.29, 1.82) is 5.26 Å². The molecule has 2 rings (SSSR count). The summed E-state index contributed by atoms with van der Waals surface area (Å²) < 4.78 is 12.5. The lowest BCUT2D eigenvalue weighted by Crippen LogP contribution is -2.51. The molecule has 1 saturated heterocycles. The van der Waals surface area contributed by atoms with Crippen LogP contribution in [0.4, 0.5) is 0 Å². The normalized spacial score (nSPS) is 24.5. The first kappa shape index (κ1) is 25.7. The van der Waals surface area contributed by atoms with Crippen molar-refractivity contribution in [2.45, 2.75) is 51.2 Å². The van der Waals surface area contributed by atoms with Gasteiger partial charge in [0.15, 0.2) is 6.29 Å². The second-order valence-electron chi connectivity index (χ2n) is 7.61. The Bertz CT molecular complexity index is 912. The zero-order chi connectivity index (χ0) is 24.5. The first-order chi connectivity index (χ1) is 15.6. The monoisotopic (exact) mass is 467 g/mol. The molecule has 1 aromatic rings. The molecule has 1 aliphatic heterocycles. The van der Waals surface area contributed by atoms with Crippen molar-refractivity contribution >= 4 is 23.8 Å². The fourth-order valence-corrected chi connectivity index (χ4v) is 4.03. The van der Waals surface area contributed by atoms with Gasteiger partial charge in [-0.05, 0) is 5.92 Å². The summed E-state index contributed by atoms with van der Waals surface area (Å²) in [5, 5.41) is 46.9. The van der Waals surface area contributed by atoms with Crippen molar-refractivity contribution in [3.63, 3.8) is 0 Å². The Morgan fingerprint density at radius 2 is 1.73 bits per heavy atom. The van der Waals surface area contributed by atoms with E-state index in [1.165, 1.54) is 18.0 Å². The molecule has 0 saturated carbocycles. The lowest BCUT2D eigenvalue weighted by atomic mass is 9.71. The van der Waals surface area contributed by atoms with Gasteiger partial charge in [-0.3, -0.25) is 19.2 Å². The third kappa shape index (κ3) is 7.51. The molecule has 14 nitrogen and oxygen atoms in total. The van der Waals surface area contributed by atoms with Gasteiger partial charge in [0.25, 0.3) is 0 Å². The maximum Gasteiger partial charge on any atom is 0.303 e. The largest absolute Gasteiger partial charge is 0.481 e. The van der Waals surface area contributed by atoms with Crippen molar-refractivity contribution in [1.82, 2.24) is 20.3 Å². The quantitative estimate of drug-likeness (QED) is 0.305. The van der Waals surface area contributed by atoms with E-state index < -0.39 is 73.2 Å². The van der Waals surface area contributed by atoms with E-state index in [4.69, 9.17) is 14.7 Å². The predicted molar refractivity (Wildman–Crippen MR) is 105 cm³/mol. The molecular weight excluding hydrogens is 442 g/mol. The maximum absolute atomic E-state index is 11.5. The van der Waals surface area contributed by atoms with E-state index >= 15 is 0 Å². The fraction of sp³-hybridized carbons (Fsp3) is 0.632. The molecule has 5 atom stereocenters. The fourth-order valence-electron chi connectivity index (χ4n) is 4.03. The van der Waals surface area contributed by atoms with E-state index in [-0.39, 0.29) is 19.5 Å². The summed E-state index contributed by atoms with van der Waals surface area (Å²) in [4.78, 5) is 45.8. The Labute approximate surface area is 188 Å².